The number of alkyl halides is 3. The van der Waals surface area contributed by atoms with Crippen LogP contribution in [0.3, 0.4) is 0 Å². The summed E-state index contributed by atoms with van der Waals surface area (Å²) in [5.74, 6) is -1.26. The molecule has 2 unspecified atom stereocenters. The number of quaternary nitrogens is 1. The van der Waals surface area contributed by atoms with Gasteiger partial charge in [-0.15, -0.1) is 0 Å². The number of esters is 1. The molecule has 2 N–H and O–H groups in total. The van der Waals surface area contributed by atoms with E-state index in [2.05, 4.69) is 24.3 Å². The number of aliphatic carboxylic acids is 1. The van der Waals surface area contributed by atoms with E-state index in [9.17, 15) is 27.9 Å². The van der Waals surface area contributed by atoms with Gasteiger partial charge in [0.15, 0.2) is 10.1 Å². The van der Waals surface area contributed by atoms with Gasteiger partial charge in [-0.1, -0.05) is 54.6 Å². The van der Waals surface area contributed by atoms with Gasteiger partial charge in [0.1, 0.15) is 18.0 Å². The van der Waals surface area contributed by atoms with Gasteiger partial charge >= 0.3 is 17.4 Å². The molecule has 0 aliphatic carbocycles. The normalized spacial score (nSPS) is 18.9. The first kappa shape index (κ1) is 33.6. The Bertz CT molecular complexity index is 1870. The zero-order valence-electron chi connectivity index (χ0n) is 25.2. The third-order valence-corrected chi connectivity index (χ3v) is 9.08. The van der Waals surface area contributed by atoms with E-state index in [0.29, 0.717) is 5.56 Å². The number of aryl methyl sites for hydroxylation is 2. The average Bonchev–Trinajstić information content (AvgIpc) is 3.14. The van der Waals surface area contributed by atoms with Gasteiger partial charge in [-0.05, 0) is 62.2 Å². The summed E-state index contributed by atoms with van der Waals surface area (Å²) >= 11 is 0. The number of rotatable bonds is 5. The minimum Gasteiger partial charge on any atom is -0.741 e. The lowest BCUT2D eigenvalue weighted by atomic mass is 9.70. The van der Waals surface area contributed by atoms with Crippen molar-refractivity contribution in [2.24, 2.45) is 0 Å². The molecular weight excluding hydrogens is 611 g/mol. The third-order valence-electron chi connectivity index (χ3n) is 8.52. The first-order chi connectivity index (χ1) is 20.8. The maximum Gasteiger partial charge on any atom is 0.485 e. The van der Waals surface area contributed by atoms with Crippen LogP contribution in [0, 0.1) is 13.8 Å². The number of fused-ring (bicyclic) bond motifs is 3. The monoisotopic (exact) mass is 643 g/mol. The Balaban J connectivity index is 0.000000510. The molecular formula is C33H32F3NO7S. The van der Waals surface area contributed by atoms with E-state index in [1.54, 1.807) is 0 Å². The van der Waals surface area contributed by atoms with E-state index in [0.717, 1.165) is 49.3 Å². The molecule has 2 atom stereocenters. The fraction of sp³-hybridized carbons (Fsp3) is 0.273. The van der Waals surface area contributed by atoms with E-state index in [4.69, 9.17) is 17.7 Å². The molecule has 45 heavy (non-hydrogen) atoms. The molecule has 0 amide bonds. The zero-order chi connectivity index (χ0) is 33.5. The lowest BCUT2D eigenvalue weighted by Crippen LogP contribution is -3.13. The van der Waals surface area contributed by atoms with E-state index >= 15 is 0 Å². The van der Waals surface area contributed by atoms with Crippen molar-refractivity contribution in [2.45, 2.75) is 57.7 Å². The number of ether oxygens (including phenoxy) is 1. The van der Waals surface area contributed by atoms with Crippen LogP contribution in [-0.4, -0.2) is 41.1 Å². The molecule has 0 spiro atoms. The fourth-order valence-corrected chi connectivity index (χ4v) is 6.03. The Kier molecular flexibility index (Phi) is 8.91. The second-order valence-corrected chi connectivity index (χ2v) is 13.0. The van der Waals surface area contributed by atoms with Crippen molar-refractivity contribution in [3.63, 3.8) is 0 Å². The summed E-state index contributed by atoms with van der Waals surface area (Å²) in [6.07, 6.45) is 0. The first-order valence-electron chi connectivity index (χ1n) is 13.8. The van der Waals surface area contributed by atoms with Gasteiger partial charge in [0.2, 0.25) is 5.54 Å². The summed E-state index contributed by atoms with van der Waals surface area (Å²) < 4.78 is 64.5. The Morgan fingerprint density at radius 3 is 1.98 bits per heavy atom. The summed E-state index contributed by atoms with van der Waals surface area (Å²) in [4.78, 5) is 26.8. The van der Waals surface area contributed by atoms with Gasteiger partial charge in [-0.2, -0.15) is 13.2 Å². The standard InChI is InChI=1S/C32H31NO4.CHF3O3S/c1-20-17-24(29(34)37-19-22-11-7-6-8-12-22)18-21(2)28(20)33-26-16-15-23-13-9-10-14-25(23)27(26)31(3,4)32(33,5)30(35)36;2-1(3,4)8(5,6)7/h6-18H,19H2,1-5H3,(H,35,36);(H,5,6,7). The highest BCUT2D eigenvalue weighted by atomic mass is 32.2. The van der Waals surface area contributed by atoms with Gasteiger partial charge in [0.25, 0.3) is 0 Å². The van der Waals surface area contributed by atoms with E-state index < -0.39 is 38.5 Å². The van der Waals surface area contributed by atoms with Crippen LogP contribution in [0.25, 0.3) is 10.8 Å². The number of carboxylic acids is 1. The lowest BCUT2D eigenvalue weighted by molar-refractivity contribution is -0.809. The molecule has 8 nitrogen and oxygen atoms in total. The van der Waals surface area contributed by atoms with Gasteiger partial charge in [-0.3, -0.25) is 4.90 Å². The number of carbonyl (C=O) groups is 2. The minimum atomic E-state index is -6.09. The molecule has 0 radical (unpaired) electrons. The Morgan fingerprint density at radius 1 is 0.911 bits per heavy atom. The highest BCUT2D eigenvalue weighted by Gasteiger charge is 2.65. The van der Waals surface area contributed by atoms with Gasteiger partial charge in [-0.25, -0.2) is 18.0 Å². The number of benzene rings is 4. The number of hydrogen-bond acceptors (Lipinski definition) is 6. The predicted octanol–water partition coefficient (Wildman–Crippen LogP) is 5.85. The molecule has 4 aromatic rings. The zero-order valence-corrected chi connectivity index (χ0v) is 26.0. The topological polar surface area (TPSA) is 125 Å². The molecule has 0 saturated heterocycles. The summed E-state index contributed by atoms with van der Waals surface area (Å²) in [6, 6.07) is 25.5. The Hall–Kier alpha value is -4.26. The molecule has 1 heterocycles. The number of carboxylic acid groups (broad SMARTS) is 1. The molecule has 238 valence electrons. The van der Waals surface area contributed by atoms with Crippen LogP contribution in [-0.2, 0) is 31.7 Å². The molecule has 1 aliphatic heterocycles. The van der Waals surface area contributed by atoms with E-state index in [-0.39, 0.29) is 6.61 Å². The van der Waals surface area contributed by atoms with Crippen LogP contribution in [0.1, 0.15) is 53.4 Å². The number of nitrogens with one attached hydrogen (secondary N) is 1. The first-order valence-corrected chi connectivity index (χ1v) is 15.2. The summed E-state index contributed by atoms with van der Waals surface area (Å²) in [5, 5.41) is 12.9. The molecule has 0 fully saturated rings. The van der Waals surface area contributed by atoms with Gasteiger partial charge in [0, 0.05) is 29.7 Å². The van der Waals surface area contributed by atoms with Crippen molar-refractivity contribution in [3.05, 3.63) is 107 Å². The van der Waals surface area contributed by atoms with Crippen LogP contribution in [0.5, 0.6) is 0 Å². The molecule has 0 saturated carbocycles. The van der Waals surface area contributed by atoms with Crippen molar-refractivity contribution in [3.8, 4) is 0 Å². The highest BCUT2D eigenvalue weighted by molar-refractivity contribution is 7.86. The van der Waals surface area contributed by atoms with Crippen LogP contribution >= 0.6 is 0 Å². The van der Waals surface area contributed by atoms with E-state index in [1.165, 1.54) is 0 Å². The smallest absolute Gasteiger partial charge is 0.485 e. The van der Waals surface area contributed by atoms with Crippen LogP contribution in [0.2, 0.25) is 0 Å². The van der Waals surface area contributed by atoms with Crippen molar-refractivity contribution in [1.29, 1.82) is 0 Å². The predicted molar refractivity (Wildman–Crippen MR) is 161 cm³/mol. The summed E-state index contributed by atoms with van der Waals surface area (Å²) in [5.41, 5.74) is -1.51. The van der Waals surface area contributed by atoms with Crippen molar-refractivity contribution in [1.82, 2.24) is 0 Å². The fourth-order valence-electron chi connectivity index (χ4n) is 6.03. The number of carbonyl (C=O) groups excluding carboxylic acids is 1. The average molecular weight is 644 g/mol. The molecule has 1 aliphatic rings. The second kappa shape index (κ2) is 11.9. The van der Waals surface area contributed by atoms with Crippen molar-refractivity contribution >= 4 is 44.2 Å². The molecule has 5 rings (SSSR count). The molecule has 12 heteroatoms. The Morgan fingerprint density at radius 2 is 1.44 bits per heavy atom. The van der Waals surface area contributed by atoms with Crippen LogP contribution in [0.15, 0.2) is 78.9 Å². The SMILES string of the molecule is Cc1cc(C(=O)OCc2ccccc2)cc(C)c1[NH+]1c2ccc3ccccc3c2C(C)(C)C1(C)C(=O)O.O=S(=O)([O-])C(F)(F)F. The maximum absolute atomic E-state index is 13.1. The van der Waals surface area contributed by atoms with Crippen LogP contribution in [0.4, 0.5) is 24.5 Å². The molecule has 0 aromatic heterocycles. The van der Waals surface area contributed by atoms with Gasteiger partial charge < -0.3 is 14.4 Å². The number of hydrogen-bond donors (Lipinski definition) is 2. The van der Waals surface area contributed by atoms with Crippen molar-refractivity contribution < 1.29 is 50.5 Å². The minimum absolute atomic E-state index is 0.197. The van der Waals surface area contributed by atoms with Crippen LogP contribution < -0.4 is 4.90 Å². The summed E-state index contributed by atoms with van der Waals surface area (Å²) in [6.45, 7) is 9.97. The quantitative estimate of drug-likeness (QED) is 0.159. The highest BCUT2D eigenvalue weighted by Crippen LogP contribution is 2.48. The van der Waals surface area contributed by atoms with Crippen molar-refractivity contribution in [2.75, 3.05) is 0 Å². The largest absolute Gasteiger partial charge is 0.741 e. The Labute approximate surface area is 258 Å². The second-order valence-electron chi connectivity index (χ2n) is 11.6. The van der Waals surface area contributed by atoms with E-state index in [1.807, 2.05) is 89.2 Å². The molecule has 4 aromatic carbocycles. The maximum atomic E-state index is 13.1. The third kappa shape index (κ3) is 6.05. The number of halogens is 3. The van der Waals surface area contributed by atoms with Gasteiger partial charge in [0.05, 0.1) is 11.0 Å². The lowest BCUT2D eigenvalue weighted by Gasteiger charge is -2.37. The molecule has 0 bridgehead atoms. The summed E-state index contributed by atoms with van der Waals surface area (Å²) in [7, 11) is -6.09.